The molecule has 0 fully saturated rings. The van der Waals surface area contributed by atoms with E-state index in [4.69, 9.17) is 4.42 Å². The Balaban J connectivity index is 1.84. The molecule has 0 bridgehead atoms. The van der Waals surface area contributed by atoms with Gasteiger partial charge in [0.1, 0.15) is 0 Å². The van der Waals surface area contributed by atoms with Gasteiger partial charge in [0.2, 0.25) is 0 Å². The van der Waals surface area contributed by atoms with E-state index in [2.05, 4.69) is 0 Å². The predicted octanol–water partition coefficient (Wildman–Crippen LogP) is 5.35. The highest BCUT2D eigenvalue weighted by Gasteiger charge is 2.33. The number of sulfonamides is 1. The van der Waals surface area contributed by atoms with Crippen molar-refractivity contribution in [2.24, 2.45) is 0 Å². The quantitative estimate of drug-likeness (QED) is 0.350. The second-order valence-electron chi connectivity index (χ2n) is 7.48. The first kappa shape index (κ1) is 21.1. The molecule has 8 heteroatoms. The second-order valence-corrected chi connectivity index (χ2v) is 10.2. The van der Waals surface area contributed by atoms with Crippen LogP contribution in [0.4, 0.5) is 5.69 Å². The van der Waals surface area contributed by atoms with Crippen molar-refractivity contribution in [2.45, 2.75) is 11.8 Å². The molecular formula is C25H17NO5S2. The van der Waals surface area contributed by atoms with Crippen LogP contribution in [0.1, 0.15) is 15.9 Å². The average Bonchev–Trinajstić information content (AvgIpc) is 3.20. The molecule has 0 unspecified atom stereocenters. The molecule has 0 spiro atoms. The number of aryl methyl sites for hydroxylation is 1. The summed E-state index contributed by atoms with van der Waals surface area (Å²) in [5, 5.41) is 1.03. The summed E-state index contributed by atoms with van der Waals surface area (Å²) in [5.74, 6) is -0.695. The lowest BCUT2D eigenvalue weighted by molar-refractivity contribution is 0.101. The van der Waals surface area contributed by atoms with Gasteiger partial charge in [-0.3, -0.25) is 4.79 Å². The molecule has 5 rings (SSSR count). The minimum atomic E-state index is -4.29. The average molecular weight is 476 g/mol. The molecular weight excluding hydrogens is 458 g/mol. The van der Waals surface area contributed by atoms with Crippen molar-refractivity contribution in [3.8, 4) is 0 Å². The van der Waals surface area contributed by atoms with Gasteiger partial charge in [0.15, 0.2) is 5.58 Å². The lowest BCUT2D eigenvalue weighted by Crippen LogP contribution is -2.37. The smallest absolute Gasteiger partial charge is 0.396 e. The number of carbonyl (C=O) groups is 1. The molecule has 4 aromatic carbocycles. The standard InChI is InChI=1S/C25H17NO5S2/c1-16-11-13-17(14-12-16)24(27)26(33(29,30)18-7-3-2-4-8-18)21-15-22-23(31-25(28)32-22)20-10-6-5-9-19(20)21/h2-15H,1H3. The molecule has 0 saturated carbocycles. The third-order valence-corrected chi connectivity index (χ3v) is 7.79. The number of amides is 1. The Hall–Kier alpha value is -3.75. The summed E-state index contributed by atoms with van der Waals surface area (Å²) in [6, 6.07) is 23.0. The maximum Gasteiger partial charge on any atom is 0.396 e. The van der Waals surface area contributed by atoms with E-state index in [1.54, 1.807) is 66.7 Å². The summed E-state index contributed by atoms with van der Waals surface area (Å²) in [6.07, 6.45) is 0. The van der Waals surface area contributed by atoms with Crippen molar-refractivity contribution in [1.82, 2.24) is 0 Å². The summed E-state index contributed by atoms with van der Waals surface area (Å²) in [4.78, 5) is 25.2. The van der Waals surface area contributed by atoms with Crippen LogP contribution in [0.15, 0.2) is 99.0 Å². The van der Waals surface area contributed by atoms with E-state index < -0.39 is 20.9 Å². The van der Waals surface area contributed by atoms with E-state index in [0.717, 1.165) is 21.2 Å². The number of hydrogen-bond donors (Lipinski definition) is 0. The monoisotopic (exact) mass is 475 g/mol. The van der Waals surface area contributed by atoms with Crippen LogP contribution in [0.5, 0.6) is 0 Å². The van der Waals surface area contributed by atoms with Crippen LogP contribution < -0.4 is 9.24 Å². The van der Waals surface area contributed by atoms with Crippen molar-refractivity contribution < 1.29 is 17.6 Å². The number of fused-ring (bicyclic) bond motifs is 3. The van der Waals surface area contributed by atoms with Crippen LogP contribution >= 0.6 is 11.3 Å². The first-order valence-corrected chi connectivity index (χ1v) is 12.3. The minimum absolute atomic E-state index is 0.0185. The normalized spacial score (nSPS) is 11.7. The molecule has 1 aromatic heterocycles. The van der Waals surface area contributed by atoms with Crippen molar-refractivity contribution in [1.29, 1.82) is 0 Å². The molecule has 0 saturated heterocycles. The molecule has 1 amide bonds. The Morgan fingerprint density at radius 1 is 0.879 bits per heavy atom. The van der Waals surface area contributed by atoms with Gasteiger partial charge in [-0.2, -0.15) is 4.31 Å². The van der Waals surface area contributed by atoms with E-state index in [1.165, 1.54) is 18.2 Å². The van der Waals surface area contributed by atoms with Crippen LogP contribution in [-0.4, -0.2) is 14.3 Å². The second kappa shape index (κ2) is 7.99. The highest BCUT2D eigenvalue weighted by atomic mass is 32.2. The summed E-state index contributed by atoms with van der Waals surface area (Å²) >= 11 is 0.859. The first-order chi connectivity index (χ1) is 15.9. The Morgan fingerprint density at radius 2 is 1.52 bits per heavy atom. The van der Waals surface area contributed by atoms with Crippen molar-refractivity contribution in [2.75, 3.05) is 4.31 Å². The van der Waals surface area contributed by atoms with Gasteiger partial charge in [0.25, 0.3) is 15.9 Å². The molecule has 0 aliphatic carbocycles. The van der Waals surface area contributed by atoms with E-state index >= 15 is 0 Å². The van der Waals surface area contributed by atoms with Gasteiger partial charge in [0, 0.05) is 16.3 Å². The van der Waals surface area contributed by atoms with E-state index in [1.807, 2.05) is 6.92 Å². The summed E-state index contributed by atoms with van der Waals surface area (Å²) in [6.45, 7) is 1.88. The lowest BCUT2D eigenvalue weighted by Gasteiger charge is -2.24. The van der Waals surface area contributed by atoms with Crippen LogP contribution in [-0.2, 0) is 10.0 Å². The van der Waals surface area contributed by atoms with E-state index in [9.17, 15) is 18.0 Å². The Bertz CT molecular complexity index is 1670. The van der Waals surface area contributed by atoms with Gasteiger partial charge in [-0.1, -0.05) is 71.5 Å². The third-order valence-electron chi connectivity index (χ3n) is 5.30. The maximum absolute atomic E-state index is 13.8. The topological polar surface area (TPSA) is 84.7 Å². The molecule has 6 nitrogen and oxygen atoms in total. The number of benzene rings is 4. The molecule has 0 aliphatic heterocycles. The van der Waals surface area contributed by atoms with Crippen molar-refractivity contribution in [3.05, 3.63) is 106 Å². The summed E-state index contributed by atoms with van der Waals surface area (Å²) < 4.78 is 34.3. The Labute approximate surface area is 193 Å². The van der Waals surface area contributed by atoms with Crippen molar-refractivity contribution in [3.63, 3.8) is 0 Å². The molecule has 0 aliphatic rings. The van der Waals surface area contributed by atoms with Gasteiger partial charge in [-0.25, -0.2) is 13.2 Å². The van der Waals surface area contributed by atoms with Gasteiger partial charge in [-0.05, 0) is 37.3 Å². The number of hydrogen-bond acceptors (Lipinski definition) is 6. The molecule has 1 heterocycles. The molecule has 0 atom stereocenters. The van der Waals surface area contributed by atoms with Gasteiger partial charge >= 0.3 is 4.94 Å². The molecule has 0 radical (unpaired) electrons. The summed E-state index contributed by atoms with van der Waals surface area (Å²) in [7, 11) is -4.29. The fraction of sp³-hybridized carbons (Fsp3) is 0.0400. The highest BCUT2D eigenvalue weighted by Crippen LogP contribution is 2.38. The van der Waals surface area contributed by atoms with Crippen LogP contribution in [0.3, 0.4) is 0 Å². The number of anilines is 1. The predicted molar refractivity (Wildman–Crippen MR) is 129 cm³/mol. The molecule has 0 N–H and O–H groups in total. The fourth-order valence-corrected chi connectivity index (χ4v) is 5.87. The zero-order valence-electron chi connectivity index (χ0n) is 17.4. The molecule has 33 heavy (non-hydrogen) atoms. The zero-order chi connectivity index (χ0) is 23.2. The van der Waals surface area contributed by atoms with E-state index in [-0.39, 0.29) is 16.1 Å². The Kier molecular flexibility index (Phi) is 5.11. The van der Waals surface area contributed by atoms with Crippen LogP contribution in [0.25, 0.3) is 21.1 Å². The fourth-order valence-electron chi connectivity index (χ4n) is 3.71. The molecule has 5 aromatic rings. The van der Waals surface area contributed by atoms with Gasteiger partial charge in [0.05, 0.1) is 15.3 Å². The zero-order valence-corrected chi connectivity index (χ0v) is 19.0. The minimum Gasteiger partial charge on any atom is -0.413 e. The highest BCUT2D eigenvalue weighted by molar-refractivity contribution is 7.93. The van der Waals surface area contributed by atoms with Crippen LogP contribution in [0.2, 0.25) is 0 Å². The van der Waals surface area contributed by atoms with E-state index in [0.29, 0.717) is 21.1 Å². The third kappa shape index (κ3) is 3.63. The van der Waals surface area contributed by atoms with Crippen LogP contribution in [0, 0.1) is 6.92 Å². The number of rotatable bonds is 4. The van der Waals surface area contributed by atoms with Crippen molar-refractivity contribution >= 4 is 54.0 Å². The lowest BCUT2D eigenvalue weighted by atomic mass is 10.1. The SMILES string of the molecule is Cc1ccc(C(=O)N(c2cc3sc(=O)oc3c3ccccc23)S(=O)(=O)c2ccccc2)cc1. The number of nitrogens with zero attached hydrogens (tertiary/aromatic N) is 1. The summed E-state index contributed by atoms with van der Waals surface area (Å²) in [5.41, 5.74) is 1.69. The molecule has 164 valence electrons. The largest absolute Gasteiger partial charge is 0.413 e. The first-order valence-electron chi connectivity index (χ1n) is 10.0. The number of carbonyl (C=O) groups excluding carboxylic acids is 1. The Morgan fingerprint density at radius 3 is 2.21 bits per heavy atom. The maximum atomic E-state index is 13.8. The van der Waals surface area contributed by atoms with Gasteiger partial charge in [-0.15, -0.1) is 0 Å². The van der Waals surface area contributed by atoms with Gasteiger partial charge < -0.3 is 4.42 Å².